The van der Waals surface area contributed by atoms with E-state index in [2.05, 4.69) is 10.1 Å². The summed E-state index contributed by atoms with van der Waals surface area (Å²) in [6.07, 6.45) is 2.27. The molecule has 6 nitrogen and oxygen atoms in total. The highest BCUT2D eigenvalue weighted by molar-refractivity contribution is 7.89. The standard InChI is InChI=1S/C16H23ClN2O4S/c1-3-10-19(13-6-8-18-9-7-13)24(21,22)15-5-4-12(11-14(15)17)16(20)23-2/h4-5,11,13,18H,3,6-10H2,1-2H3. The van der Waals surface area contributed by atoms with Crippen LogP contribution in [0.1, 0.15) is 36.5 Å². The molecule has 24 heavy (non-hydrogen) atoms. The highest BCUT2D eigenvalue weighted by Crippen LogP contribution is 2.29. The van der Waals surface area contributed by atoms with E-state index < -0.39 is 16.0 Å². The summed E-state index contributed by atoms with van der Waals surface area (Å²) < 4.78 is 32.4. The number of hydrogen-bond acceptors (Lipinski definition) is 5. The number of halogens is 1. The molecule has 8 heteroatoms. The fourth-order valence-electron chi connectivity index (χ4n) is 2.90. The van der Waals surface area contributed by atoms with Gasteiger partial charge in [0.15, 0.2) is 0 Å². The number of esters is 1. The van der Waals surface area contributed by atoms with Crippen LogP contribution in [0.5, 0.6) is 0 Å². The maximum Gasteiger partial charge on any atom is 0.337 e. The Balaban J connectivity index is 2.37. The number of nitrogens with zero attached hydrogens (tertiary/aromatic N) is 1. The second-order valence-corrected chi connectivity index (χ2v) is 8.00. The summed E-state index contributed by atoms with van der Waals surface area (Å²) in [4.78, 5) is 11.6. The highest BCUT2D eigenvalue weighted by atomic mass is 35.5. The van der Waals surface area contributed by atoms with Crippen LogP contribution in [0.4, 0.5) is 0 Å². The lowest BCUT2D eigenvalue weighted by Gasteiger charge is -2.33. The second-order valence-electron chi connectivity index (χ2n) is 5.73. The SMILES string of the molecule is CCCN(C1CCNCC1)S(=O)(=O)c1ccc(C(=O)OC)cc1Cl. The lowest BCUT2D eigenvalue weighted by molar-refractivity contribution is 0.0600. The van der Waals surface area contributed by atoms with Gasteiger partial charge >= 0.3 is 5.97 Å². The van der Waals surface area contributed by atoms with Crippen molar-refractivity contribution < 1.29 is 17.9 Å². The number of methoxy groups -OCH3 is 1. The lowest BCUT2D eigenvalue weighted by atomic mass is 10.1. The quantitative estimate of drug-likeness (QED) is 0.773. The zero-order valence-corrected chi connectivity index (χ0v) is 15.5. The van der Waals surface area contributed by atoms with E-state index in [9.17, 15) is 13.2 Å². The van der Waals surface area contributed by atoms with Crippen molar-refractivity contribution in [2.45, 2.75) is 37.1 Å². The van der Waals surface area contributed by atoms with E-state index in [1.165, 1.54) is 25.3 Å². The van der Waals surface area contributed by atoms with E-state index in [-0.39, 0.29) is 21.5 Å². The van der Waals surface area contributed by atoms with Gasteiger partial charge in [-0.05, 0) is 50.6 Å². The van der Waals surface area contributed by atoms with Crippen LogP contribution in [0.15, 0.2) is 23.1 Å². The molecule has 1 saturated heterocycles. The Morgan fingerprint density at radius 1 is 1.38 bits per heavy atom. The van der Waals surface area contributed by atoms with Gasteiger partial charge in [0.2, 0.25) is 10.0 Å². The fraction of sp³-hybridized carbons (Fsp3) is 0.562. The van der Waals surface area contributed by atoms with Crippen molar-refractivity contribution >= 4 is 27.6 Å². The summed E-state index contributed by atoms with van der Waals surface area (Å²) in [7, 11) is -2.46. The molecular weight excluding hydrogens is 352 g/mol. The number of benzene rings is 1. The third kappa shape index (κ3) is 4.08. The van der Waals surface area contributed by atoms with Gasteiger partial charge in [0, 0.05) is 12.6 Å². The summed E-state index contributed by atoms with van der Waals surface area (Å²) in [5.74, 6) is -0.551. The normalized spacial score (nSPS) is 16.3. The zero-order valence-electron chi connectivity index (χ0n) is 13.9. The first kappa shape index (κ1) is 19.2. The molecule has 0 spiro atoms. The number of nitrogens with one attached hydrogen (secondary N) is 1. The first-order valence-corrected chi connectivity index (χ1v) is 9.84. The Kier molecular flexibility index (Phi) is 6.62. The maximum atomic E-state index is 13.1. The minimum Gasteiger partial charge on any atom is -0.465 e. The summed E-state index contributed by atoms with van der Waals surface area (Å²) in [5, 5.41) is 3.28. The fourth-order valence-corrected chi connectivity index (χ4v) is 5.19. The summed E-state index contributed by atoms with van der Waals surface area (Å²) in [5.41, 5.74) is 0.227. The van der Waals surface area contributed by atoms with E-state index in [1.807, 2.05) is 6.92 Å². The number of hydrogen-bond donors (Lipinski definition) is 1. The van der Waals surface area contributed by atoms with Gasteiger partial charge in [0.05, 0.1) is 17.7 Å². The van der Waals surface area contributed by atoms with E-state index in [0.29, 0.717) is 6.54 Å². The molecule has 1 fully saturated rings. The van der Waals surface area contributed by atoms with Crippen LogP contribution in [-0.2, 0) is 14.8 Å². The smallest absolute Gasteiger partial charge is 0.337 e. The molecule has 0 amide bonds. The molecule has 0 unspecified atom stereocenters. The highest BCUT2D eigenvalue weighted by Gasteiger charge is 2.33. The van der Waals surface area contributed by atoms with E-state index in [4.69, 9.17) is 11.6 Å². The Morgan fingerprint density at radius 2 is 2.04 bits per heavy atom. The Morgan fingerprint density at radius 3 is 2.58 bits per heavy atom. The maximum absolute atomic E-state index is 13.1. The average Bonchev–Trinajstić information content (AvgIpc) is 2.59. The minimum absolute atomic E-state index is 0.0313. The Labute approximate surface area is 148 Å². The van der Waals surface area contributed by atoms with Crippen molar-refractivity contribution in [2.24, 2.45) is 0 Å². The Bertz CT molecular complexity index is 687. The molecule has 1 N–H and O–H groups in total. The molecule has 2 rings (SSSR count). The van der Waals surface area contributed by atoms with Gasteiger partial charge in [0.25, 0.3) is 0 Å². The van der Waals surface area contributed by atoms with Crippen molar-refractivity contribution in [3.05, 3.63) is 28.8 Å². The third-order valence-corrected chi connectivity index (χ3v) is 6.53. The van der Waals surface area contributed by atoms with Crippen LogP contribution in [0.2, 0.25) is 5.02 Å². The molecule has 1 heterocycles. The molecule has 134 valence electrons. The van der Waals surface area contributed by atoms with Gasteiger partial charge in [-0.3, -0.25) is 0 Å². The zero-order chi connectivity index (χ0) is 17.7. The number of sulfonamides is 1. The predicted molar refractivity (Wildman–Crippen MR) is 92.9 cm³/mol. The molecule has 0 saturated carbocycles. The van der Waals surface area contributed by atoms with Crippen LogP contribution in [0.25, 0.3) is 0 Å². The molecule has 0 bridgehead atoms. The van der Waals surface area contributed by atoms with Crippen LogP contribution in [0.3, 0.4) is 0 Å². The molecule has 0 atom stereocenters. The number of carbonyl (C=O) groups is 1. The molecule has 1 aromatic rings. The topological polar surface area (TPSA) is 75.7 Å². The molecule has 1 aliphatic rings. The van der Waals surface area contributed by atoms with Crippen molar-refractivity contribution in [2.75, 3.05) is 26.7 Å². The van der Waals surface area contributed by atoms with Gasteiger partial charge in [-0.25, -0.2) is 13.2 Å². The number of rotatable bonds is 6. The van der Waals surface area contributed by atoms with E-state index in [1.54, 1.807) is 4.31 Å². The predicted octanol–water partition coefficient (Wildman–Crippen LogP) is 2.28. The van der Waals surface area contributed by atoms with Crippen LogP contribution < -0.4 is 5.32 Å². The number of ether oxygens (including phenoxy) is 1. The van der Waals surface area contributed by atoms with Gasteiger partial charge in [-0.1, -0.05) is 18.5 Å². The van der Waals surface area contributed by atoms with Gasteiger partial charge < -0.3 is 10.1 Å². The van der Waals surface area contributed by atoms with Crippen molar-refractivity contribution in [3.8, 4) is 0 Å². The molecular formula is C16H23ClN2O4S. The molecule has 0 aromatic heterocycles. The van der Waals surface area contributed by atoms with Gasteiger partial charge in [-0.15, -0.1) is 0 Å². The largest absolute Gasteiger partial charge is 0.465 e. The number of carbonyl (C=O) groups excluding carboxylic acids is 1. The lowest BCUT2D eigenvalue weighted by Crippen LogP contribution is -2.46. The third-order valence-electron chi connectivity index (χ3n) is 4.10. The molecule has 1 aromatic carbocycles. The van der Waals surface area contributed by atoms with Crippen LogP contribution in [-0.4, -0.2) is 51.5 Å². The van der Waals surface area contributed by atoms with Crippen LogP contribution in [0, 0.1) is 0 Å². The second kappa shape index (κ2) is 8.29. The average molecular weight is 375 g/mol. The van der Waals surface area contributed by atoms with Crippen LogP contribution >= 0.6 is 11.6 Å². The first-order valence-electron chi connectivity index (χ1n) is 8.02. The molecule has 0 radical (unpaired) electrons. The first-order chi connectivity index (χ1) is 11.4. The minimum atomic E-state index is -3.72. The number of piperidine rings is 1. The van der Waals surface area contributed by atoms with Gasteiger partial charge in [0.1, 0.15) is 4.90 Å². The molecule has 0 aliphatic carbocycles. The monoisotopic (exact) mass is 374 g/mol. The summed E-state index contributed by atoms with van der Waals surface area (Å²) >= 11 is 6.17. The van der Waals surface area contributed by atoms with Crippen molar-refractivity contribution in [1.29, 1.82) is 0 Å². The van der Waals surface area contributed by atoms with Crippen molar-refractivity contribution in [1.82, 2.24) is 9.62 Å². The van der Waals surface area contributed by atoms with Gasteiger partial charge in [-0.2, -0.15) is 4.31 Å². The van der Waals surface area contributed by atoms with E-state index >= 15 is 0 Å². The summed E-state index contributed by atoms with van der Waals surface area (Å²) in [6.45, 7) is 4.00. The Hall–Kier alpha value is -1.15. The van der Waals surface area contributed by atoms with Crippen molar-refractivity contribution in [3.63, 3.8) is 0 Å². The molecule has 1 aliphatic heterocycles. The summed E-state index contributed by atoms with van der Waals surface area (Å²) in [6, 6.07) is 4.12. The van der Waals surface area contributed by atoms with E-state index in [0.717, 1.165) is 32.4 Å².